The molecule has 0 aliphatic heterocycles. The third-order valence-corrected chi connectivity index (χ3v) is 3.89. The number of rotatable bonds is 4. The van der Waals surface area contributed by atoms with Gasteiger partial charge in [0, 0.05) is 6.54 Å². The fraction of sp³-hybridized carbons (Fsp3) is 0.364. The van der Waals surface area contributed by atoms with Crippen molar-refractivity contribution in [3.63, 3.8) is 0 Å². The van der Waals surface area contributed by atoms with E-state index in [-0.39, 0.29) is 0 Å². The van der Waals surface area contributed by atoms with Gasteiger partial charge in [-0.3, -0.25) is 0 Å². The Hall–Kier alpha value is -0.840. The van der Waals surface area contributed by atoms with E-state index in [1.165, 1.54) is 0 Å². The smallest absolute Gasteiger partial charge is 0.238 e. The summed E-state index contributed by atoms with van der Waals surface area (Å²) in [6.07, 6.45) is 1.67. The van der Waals surface area contributed by atoms with Gasteiger partial charge in [-0.1, -0.05) is 18.5 Å². The van der Waals surface area contributed by atoms with Crippen molar-refractivity contribution in [3.8, 4) is 10.8 Å². The molecule has 0 fully saturated rings. The quantitative estimate of drug-likeness (QED) is 0.910. The number of halogens is 1. The Kier molecular flexibility index (Phi) is 3.63. The maximum atomic E-state index is 6.15. The second-order valence-corrected chi connectivity index (χ2v) is 4.74. The van der Waals surface area contributed by atoms with Crippen molar-refractivity contribution in [3.05, 3.63) is 27.9 Å². The molecule has 0 atom stereocenters. The van der Waals surface area contributed by atoms with Gasteiger partial charge in [0.05, 0.1) is 10.7 Å². The van der Waals surface area contributed by atoms with Gasteiger partial charge in [-0.05, 0) is 24.4 Å². The molecule has 0 amide bonds. The lowest BCUT2D eigenvalue weighted by atomic mass is 10.3. The highest BCUT2D eigenvalue weighted by molar-refractivity contribution is 7.14. The SMILES string of the molecule is CCNCc1coc(-c2scc(C)c2Cl)n1. The van der Waals surface area contributed by atoms with Crippen LogP contribution in [0.4, 0.5) is 0 Å². The first-order chi connectivity index (χ1) is 7.72. The average Bonchev–Trinajstić information content (AvgIpc) is 2.85. The molecule has 0 spiro atoms. The van der Waals surface area contributed by atoms with Gasteiger partial charge in [0.15, 0.2) is 0 Å². The highest BCUT2D eigenvalue weighted by Crippen LogP contribution is 2.35. The van der Waals surface area contributed by atoms with E-state index in [0.29, 0.717) is 5.89 Å². The zero-order valence-corrected chi connectivity index (χ0v) is 10.8. The first-order valence-corrected chi connectivity index (χ1v) is 6.37. The minimum absolute atomic E-state index is 0.607. The molecule has 2 aromatic heterocycles. The summed E-state index contributed by atoms with van der Waals surface area (Å²) in [5, 5.41) is 5.94. The molecule has 0 bridgehead atoms. The number of thiophene rings is 1. The van der Waals surface area contributed by atoms with Crippen molar-refractivity contribution in [2.75, 3.05) is 6.54 Å². The largest absolute Gasteiger partial charge is 0.443 e. The van der Waals surface area contributed by atoms with Crippen LogP contribution in [-0.4, -0.2) is 11.5 Å². The van der Waals surface area contributed by atoms with Crippen LogP contribution in [0.5, 0.6) is 0 Å². The molecule has 0 saturated carbocycles. The summed E-state index contributed by atoms with van der Waals surface area (Å²) in [4.78, 5) is 5.29. The van der Waals surface area contributed by atoms with Crippen LogP contribution < -0.4 is 5.32 Å². The van der Waals surface area contributed by atoms with Crippen LogP contribution in [0.2, 0.25) is 5.02 Å². The van der Waals surface area contributed by atoms with Crippen LogP contribution in [0.15, 0.2) is 16.1 Å². The molecule has 0 aliphatic carbocycles. The van der Waals surface area contributed by atoms with Crippen molar-refractivity contribution >= 4 is 22.9 Å². The normalized spacial score (nSPS) is 10.9. The van der Waals surface area contributed by atoms with Crippen molar-refractivity contribution in [2.24, 2.45) is 0 Å². The topological polar surface area (TPSA) is 38.1 Å². The van der Waals surface area contributed by atoms with Gasteiger partial charge in [0.1, 0.15) is 11.1 Å². The van der Waals surface area contributed by atoms with E-state index in [0.717, 1.165) is 34.2 Å². The van der Waals surface area contributed by atoms with Crippen molar-refractivity contribution < 1.29 is 4.42 Å². The van der Waals surface area contributed by atoms with Gasteiger partial charge in [0.25, 0.3) is 0 Å². The highest BCUT2D eigenvalue weighted by Gasteiger charge is 2.13. The third-order valence-electron chi connectivity index (χ3n) is 2.20. The second-order valence-electron chi connectivity index (χ2n) is 3.49. The molecular formula is C11H13ClN2OS. The molecule has 0 aliphatic rings. The predicted octanol–water partition coefficient (Wildman–Crippen LogP) is 3.47. The summed E-state index contributed by atoms with van der Waals surface area (Å²) in [5.74, 6) is 0.607. The van der Waals surface area contributed by atoms with Crippen LogP contribution in [0.1, 0.15) is 18.2 Å². The van der Waals surface area contributed by atoms with Crippen LogP contribution in [0.25, 0.3) is 10.8 Å². The Morgan fingerprint density at radius 1 is 1.56 bits per heavy atom. The Balaban J connectivity index is 2.21. The molecule has 2 rings (SSSR count). The molecule has 0 aromatic carbocycles. The number of hydrogen-bond donors (Lipinski definition) is 1. The lowest BCUT2D eigenvalue weighted by Crippen LogP contribution is -2.11. The number of oxazole rings is 1. The van der Waals surface area contributed by atoms with Crippen LogP contribution in [0.3, 0.4) is 0 Å². The van der Waals surface area contributed by atoms with E-state index in [2.05, 4.69) is 17.2 Å². The second kappa shape index (κ2) is 4.99. The molecule has 2 heterocycles. The van der Waals surface area contributed by atoms with E-state index in [4.69, 9.17) is 16.0 Å². The minimum atomic E-state index is 0.607. The first kappa shape index (κ1) is 11.6. The van der Waals surface area contributed by atoms with Crippen molar-refractivity contribution in [1.29, 1.82) is 0 Å². The van der Waals surface area contributed by atoms with E-state index >= 15 is 0 Å². The Labute approximate surface area is 103 Å². The highest BCUT2D eigenvalue weighted by atomic mass is 35.5. The van der Waals surface area contributed by atoms with Crippen LogP contribution >= 0.6 is 22.9 Å². The first-order valence-electron chi connectivity index (χ1n) is 5.11. The fourth-order valence-electron chi connectivity index (χ4n) is 1.32. The summed E-state index contributed by atoms with van der Waals surface area (Å²) >= 11 is 7.71. The third kappa shape index (κ3) is 2.29. The number of nitrogens with one attached hydrogen (secondary N) is 1. The van der Waals surface area contributed by atoms with Gasteiger partial charge >= 0.3 is 0 Å². The molecule has 3 nitrogen and oxygen atoms in total. The van der Waals surface area contributed by atoms with Crippen molar-refractivity contribution in [2.45, 2.75) is 20.4 Å². The van der Waals surface area contributed by atoms with Gasteiger partial charge in [0.2, 0.25) is 5.89 Å². The number of hydrogen-bond acceptors (Lipinski definition) is 4. The van der Waals surface area contributed by atoms with E-state index in [9.17, 15) is 0 Å². The molecule has 0 saturated heterocycles. The fourth-order valence-corrected chi connectivity index (χ4v) is 2.52. The standard InChI is InChI=1S/C11H13ClN2OS/c1-3-13-4-8-5-15-11(14-8)10-9(12)7(2)6-16-10/h5-6,13H,3-4H2,1-2H3. The van der Waals surface area contributed by atoms with Gasteiger partial charge in [-0.2, -0.15) is 0 Å². The monoisotopic (exact) mass is 256 g/mol. The maximum absolute atomic E-state index is 6.15. The average molecular weight is 257 g/mol. The van der Waals surface area contributed by atoms with Gasteiger partial charge in [-0.25, -0.2) is 4.98 Å². The molecular weight excluding hydrogens is 244 g/mol. The lowest BCUT2D eigenvalue weighted by molar-refractivity contribution is 0.572. The maximum Gasteiger partial charge on any atom is 0.238 e. The molecule has 86 valence electrons. The molecule has 2 aromatic rings. The zero-order chi connectivity index (χ0) is 11.5. The summed E-state index contributed by atoms with van der Waals surface area (Å²) in [5.41, 5.74) is 1.96. The predicted molar refractivity (Wildman–Crippen MR) is 66.9 cm³/mol. The Bertz CT molecular complexity index is 478. The molecule has 0 radical (unpaired) electrons. The van der Waals surface area contributed by atoms with Crippen LogP contribution in [0, 0.1) is 6.92 Å². The van der Waals surface area contributed by atoms with E-state index < -0.39 is 0 Å². The van der Waals surface area contributed by atoms with Crippen LogP contribution in [-0.2, 0) is 6.54 Å². The Morgan fingerprint density at radius 2 is 2.38 bits per heavy atom. The summed E-state index contributed by atoms with van der Waals surface area (Å²) in [6, 6.07) is 0. The Morgan fingerprint density at radius 3 is 3.00 bits per heavy atom. The number of aromatic nitrogens is 1. The molecule has 5 heteroatoms. The van der Waals surface area contributed by atoms with E-state index in [1.54, 1.807) is 17.6 Å². The minimum Gasteiger partial charge on any atom is -0.443 e. The lowest BCUT2D eigenvalue weighted by Gasteiger charge is -1.94. The van der Waals surface area contributed by atoms with Gasteiger partial charge in [-0.15, -0.1) is 11.3 Å². The van der Waals surface area contributed by atoms with Gasteiger partial charge < -0.3 is 9.73 Å². The van der Waals surface area contributed by atoms with E-state index in [1.807, 2.05) is 12.3 Å². The molecule has 16 heavy (non-hydrogen) atoms. The summed E-state index contributed by atoms with van der Waals surface area (Å²) in [7, 11) is 0. The summed E-state index contributed by atoms with van der Waals surface area (Å²) < 4.78 is 5.42. The van der Waals surface area contributed by atoms with Crippen molar-refractivity contribution in [1.82, 2.24) is 10.3 Å². The molecule has 0 unspecified atom stereocenters. The molecule has 1 N–H and O–H groups in total. The number of aryl methyl sites for hydroxylation is 1. The zero-order valence-electron chi connectivity index (χ0n) is 9.21. The summed E-state index contributed by atoms with van der Waals surface area (Å²) in [6.45, 7) is 5.67. The number of nitrogens with zero attached hydrogens (tertiary/aromatic N) is 1.